The van der Waals surface area contributed by atoms with Crippen LogP contribution in [0.4, 0.5) is 0 Å². The van der Waals surface area contributed by atoms with Crippen molar-refractivity contribution in [1.82, 2.24) is 5.32 Å². The summed E-state index contributed by atoms with van der Waals surface area (Å²) >= 11 is 0. The number of ether oxygens (including phenoxy) is 1. The van der Waals surface area contributed by atoms with Crippen LogP contribution in [0, 0.1) is 0 Å². The van der Waals surface area contributed by atoms with Gasteiger partial charge in [-0.15, -0.1) is 0 Å². The minimum atomic E-state index is -0.279. The Morgan fingerprint density at radius 3 is 2.60 bits per heavy atom. The first-order valence-corrected chi connectivity index (χ1v) is 5.71. The van der Waals surface area contributed by atoms with Gasteiger partial charge in [-0.2, -0.15) is 0 Å². The predicted molar refractivity (Wildman–Crippen MR) is 62.8 cm³/mol. The van der Waals surface area contributed by atoms with E-state index in [9.17, 15) is 4.79 Å². The zero-order chi connectivity index (χ0) is 11.5. The molecule has 0 aliphatic carbocycles. The number of carbonyl (C=O) groups excluding carboxylic acids is 1. The van der Waals surface area contributed by atoms with Crippen molar-refractivity contribution in [3.05, 3.63) is 12.2 Å². The number of unbranched alkanes of at least 4 members (excludes halogenated alkanes) is 2. The van der Waals surface area contributed by atoms with Crippen LogP contribution in [0.1, 0.15) is 39.5 Å². The summed E-state index contributed by atoms with van der Waals surface area (Å²) in [5.41, 5.74) is 0.472. The minimum absolute atomic E-state index is 0.279. The van der Waals surface area contributed by atoms with Crippen LogP contribution in [-0.2, 0) is 9.53 Å². The first kappa shape index (κ1) is 14.2. The fourth-order valence-electron chi connectivity index (χ4n) is 1.12. The number of nitrogens with one attached hydrogen (secondary N) is 1. The molecule has 1 N–H and O–H groups in total. The zero-order valence-electron chi connectivity index (χ0n) is 9.97. The van der Waals surface area contributed by atoms with Crippen LogP contribution in [0.15, 0.2) is 12.2 Å². The van der Waals surface area contributed by atoms with Crippen LogP contribution in [0.25, 0.3) is 0 Å². The van der Waals surface area contributed by atoms with Gasteiger partial charge in [0.25, 0.3) is 0 Å². The second-order valence-corrected chi connectivity index (χ2v) is 3.73. The van der Waals surface area contributed by atoms with Gasteiger partial charge >= 0.3 is 5.97 Å². The second kappa shape index (κ2) is 9.71. The molecule has 0 aliphatic rings. The summed E-state index contributed by atoms with van der Waals surface area (Å²) in [5.74, 6) is -0.279. The molecule has 88 valence electrons. The third-order valence-corrected chi connectivity index (χ3v) is 2.01. The molecule has 0 aliphatic heterocycles. The molecule has 0 aromatic heterocycles. The van der Waals surface area contributed by atoms with Gasteiger partial charge in [-0.25, -0.2) is 4.79 Å². The number of esters is 1. The molecule has 0 amide bonds. The number of rotatable bonds is 9. The molecule has 0 aromatic rings. The molecular formula is C12H23NO2. The Labute approximate surface area is 92.9 Å². The van der Waals surface area contributed by atoms with Gasteiger partial charge in [0, 0.05) is 5.57 Å². The van der Waals surface area contributed by atoms with Crippen LogP contribution in [0.2, 0.25) is 0 Å². The molecule has 0 radical (unpaired) electrons. The van der Waals surface area contributed by atoms with Crippen LogP contribution in [0.3, 0.4) is 0 Å². The van der Waals surface area contributed by atoms with E-state index in [4.69, 9.17) is 4.74 Å². The topological polar surface area (TPSA) is 38.3 Å². The van der Waals surface area contributed by atoms with E-state index in [1.807, 2.05) is 0 Å². The SMILES string of the molecule is C=C(C)C(=O)OCCCCCNCCC. The summed E-state index contributed by atoms with van der Waals surface area (Å²) in [7, 11) is 0. The van der Waals surface area contributed by atoms with Gasteiger partial charge in [0.15, 0.2) is 0 Å². The van der Waals surface area contributed by atoms with E-state index in [2.05, 4.69) is 18.8 Å². The third kappa shape index (κ3) is 9.47. The molecule has 0 fully saturated rings. The second-order valence-electron chi connectivity index (χ2n) is 3.73. The van der Waals surface area contributed by atoms with E-state index in [-0.39, 0.29) is 5.97 Å². The predicted octanol–water partition coefficient (Wildman–Crippen LogP) is 2.28. The Morgan fingerprint density at radius 2 is 2.00 bits per heavy atom. The molecule has 0 unspecified atom stereocenters. The molecule has 3 nitrogen and oxygen atoms in total. The lowest BCUT2D eigenvalue weighted by Crippen LogP contribution is -2.16. The van der Waals surface area contributed by atoms with Crippen LogP contribution < -0.4 is 5.32 Å². The quantitative estimate of drug-likeness (QED) is 0.363. The van der Waals surface area contributed by atoms with Crippen LogP contribution in [0.5, 0.6) is 0 Å². The summed E-state index contributed by atoms with van der Waals surface area (Å²) in [6.07, 6.45) is 4.36. The maximum absolute atomic E-state index is 11.0. The van der Waals surface area contributed by atoms with E-state index < -0.39 is 0 Å². The van der Waals surface area contributed by atoms with Gasteiger partial charge in [0.1, 0.15) is 0 Å². The molecule has 0 atom stereocenters. The molecule has 0 bridgehead atoms. The highest BCUT2D eigenvalue weighted by Crippen LogP contribution is 1.98. The van der Waals surface area contributed by atoms with Crippen molar-refractivity contribution in [2.24, 2.45) is 0 Å². The Hall–Kier alpha value is -0.830. The highest BCUT2D eigenvalue weighted by molar-refractivity contribution is 5.86. The largest absolute Gasteiger partial charge is 0.462 e. The normalized spacial score (nSPS) is 10.0. The van der Waals surface area contributed by atoms with Gasteiger partial charge in [0.2, 0.25) is 0 Å². The van der Waals surface area contributed by atoms with Crippen LogP contribution in [-0.4, -0.2) is 25.7 Å². The van der Waals surface area contributed by atoms with Crippen molar-refractivity contribution in [2.45, 2.75) is 39.5 Å². The summed E-state index contributed by atoms with van der Waals surface area (Å²) in [6.45, 7) is 10.00. The fraction of sp³-hybridized carbons (Fsp3) is 0.750. The summed E-state index contributed by atoms with van der Waals surface area (Å²) in [6, 6.07) is 0. The fourth-order valence-corrected chi connectivity index (χ4v) is 1.12. The number of hydrogen-bond donors (Lipinski definition) is 1. The monoisotopic (exact) mass is 213 g/mol. The maximum Gasteiger partial charge on any atom is 0.333 e. The summed E-state index contributed by atoms with van der Waals surface area (Å²) in [5, 5.41) is 3.33. The van der Waals surface area contributed by atoms with Gasteiger partial charge in [-0.1, -0.05) is 13.5 Å². The van der Waals surface area contributed by atoms with Gasteiger partial charge in [-0.05, 0) is 45.7 Å². The average Bonchev–Trinajstić information content (AvgIpc) is 2.21. The highest BCUT2D eigenvalue weighted by Gasteiger charge is 2.01. The standard InChI is InChI=1S/C12H23NO2/c1-4-8-13-9-6-5-7-10-15-12(14)11(2)3/h13H,2,4-10H2,1,3H3. The van der Waals surface area contributed by atoms with E-state index >= 15 is 0 Å². The van der Waals surface area contributed by atoms with Gasteiger partial charge < -0.3 is 10.1 Å². The van der Waals surface area contributed by atoms with Crippen molar-refractivity contribution in [1.29, 1.82) is 0 Å². The number of hydrogen-bond acceptors (Lipinski definition) is 3. The average molecular weight is 213 g/mol. The molecule has 0 saturated carbocycles. The van der Waals surface area contributed by atoms with E-state index in [0.717, 1.165) is 32.4 Å². The molecule has 15 heavy (non-hydrogen) atoms. The van der Waals surface area contributed by atoms with Gasteiger partial charge in [0.05, 0.1) is 6.61 Å². The molecule has 0 heterocycles. The Morgan fingerprint density at radius 1 is 1.27 bits per heavy atom. The van der Waals surface area contributed by atoms with E-state index in [1.165, 1.54) is 6.42 Å². The molecule has 0 aromatic carbocycles. The van der Waals surface area contributed by atoms with E-state index in [1.54, 1.807) is 6.92 Å². The maximum atomic E-state index is 11.0. The molecule has 0 saturated heterocycles. The first-order chi connectivity index (χ1) is 7.18. The van der Waals surface area contributed by atoms with Gasteiger partial charge in [-0.3, -0.25) is 0 Å². The smallest absolute Gasteiger partial charge is 0.333 e. The lowest BCUT2D eigenvalue weighted by atomic mass is 10.2. The summed E-state index contributed by atoms with van der Waals surface area (Å²) in [4.78, 5) is 11.0. The molecular weight excluding hydrogens is 190 g/mol. The Balaban J connectivity index is 3.11. The highest BCUT2D eigenvalue weighted by atomic mass is 16.5. The first-order valence-electron chi connectivity index (χ1n) is 5.71. The van der Waals surface area contributed by atoms with Crippen molar-refractivity contribution >= 4 is 5.97 Å². The van der Waals surface area contributed by atoms with Crippen molar-refractivity contribution in [3.8, 4) is 0 Å². The molecule has 0 rings (SSSR count). The Kier molecular flexibility index (Phi) is 9.18. The van der Waals surface area contributed by atoms with E-state index in [0.29, 0.717) is 12.2 Å². The molecule has 0 spiro atoms. The van der Waals surface area contributed by atoms with Crippen molar-refractivity contribution in [2.75, 3.05) is 19.7 Å². The molecule has 3 heteroatoms. The van der Waals surface area contributed by atoms with Crippen LogP contribution >= 0.6 is 0 Å². The Bertz CT molecular complexity index is 190. The number of carbonyl (C=O) groups is 1. The lowest BCUT2D eigenvalue weighted by Gasteiger charge is -2.04. The minimum Gasteiger partial charge on any atom is -0.462 e. The lowest BCUT2D eigenvalue weighted by molar-refractivity contribution is -0.139. The zero-order valence-corrected chi connectivity index (χ0v) is 9.97. The van der Waals surface area contributed by atoms with Crippen molar-refractivity contribution in [3.63, 3.8) is 0 Å². The summed E-state index contributed by atoms with van der Waals surface area (Å²) < 4.78 is 4.97. The third-order valence-electron chi connectivity index (χ3n) is 2.01. The van der Waals surface area contributed by atoms with Crippen molar-refractivity contribution < 1.29 is 9.53 Å².